The first-order chi connectivity index (χ1) is 16.2. The van der Waals surface area contributed by atoms with E-state index in [1.54, 1.807) is 6.92 Å². The van der Waals surface area contributed by atoms with Gasteiger partial charge < -0.3 is 29.1 Å². The number of halogens is 1. The van der Waals surface area contributed by atoms with Gasteiger partial charge in [-0.3, -0.25) is 19.3 Å². The van der Waals surface area contributed by atoms with Crippen LogP contribution in [0, 0.1) is 0 Å². The summed E-state index contributed by atoms with van der Waals surface area (Å²) in [5, 5.41) is 5.12. The van der Waals surface area contributed by atoms with Gasteiger partial charge in [0.1, 0.15) is 24.2 Å². The minimum Gasteiger partial charge on any atom is -0.435 e. The monoisotopic (exact) mass is 521 g/mol. The summed E-state index contributed by atoms with van der Waals surface area (Å²) < 4.78 is 19.7. The highest BCUT2D eigenvalue weighted by Crippen LogP contribution is 2.40. The number of hydrogen-bond acceptors (Lipinski definition) is 12. The predicted octanol–water partition coefficient (Wildman–Crippen LogP) is 0.159. The molecule has 188 valence electrons. The van der Waals surface area contributed by atoms with Gasteiger partial charge >= 0.3 is 12.1 Å². The van der Waals surface area contributed by atoms with E-state index in [0.717, 1.165) is 12.0 Å². The number of β-lactam (4-membered cyclic amide) rings is 1. The molecule has 2 aliphatic heterocycles. The maximum absolute atomic E-state index is 12.9. The molecule has 2 rings (SSSR count). The predicted molar refractivity (Wildman–Crippen MR) is 118 cm³/mol. The summed E-state index contributed by atoms with van der Waals surface area (Å²) >= 11 is 6.76. The Morgan fingerprint density at radius 3 is 2.56 bits per heavy atom. The Morgan fingerprint density at radius 1 is 1.26 bits per heavy atom. The molecule has 0 saturated carbocycles. The van der Waals surface area contributed by atoms with Crippen molar-refractivity contribution in [2.24, 2.45) is 5.16 Å². The van der Waals surface area contributed by atoms with Crippen LogP contribution < -0.4 is 5.32 Å². The SMILES string of the molecule is CCOC(=O)OC(C)OC(=O)C1=C(COC)CS[C@@H]2C(NC(=O)C(=NOC)C(=O)CCl)C(=O)N12. The van der Waals surface area contributed by atoms with E-state index in [-0.39, 0.29) is 24.7 Å². The first kappa shape index (κ1) is 27.4. The number of esters is 1. The van der Waals surface area contributed by atoms with Crippen LogP contribution in [0.15, 0.2) is 16.4 Å². The minimum atomic E-state index is -1.29. The Balaban J connectivity index is 2.18. The molecule has 0 spiro atoms. The number of alkyl halides is 1. The average Bonchev–Trinajstić information content (AvgIpc) is 2.79. The number of fused-ring (bicyclic) bond motifs is 1. The maximum Gasteiger partial charge on any atom is 0.511 e. The quantitative estimate of drug-likeness (QED) is 0.0750. The lowest BCUT2D eigenvalue weighted by atomic mass is 10.0. The number of carbonyl (C=O) groups is 5. The molecule has 3 atom stereocenters. The third-order valence-electron chi connectivity index (χ3n) is 4.43. The fraction of sp³-hybridized carbons (Fsp3) is 0.579. The third-order valence-corrected chi connectivity index (χ3v) is 6.01. The Morgan fingerprint density at radius 2 is 1.97 bits per heavy atom. The summed E-state index contributed by atoms with van der Waals surface area (Å²) in [5.74, 6) is -3.51. The minimum absolute atomic E-state index is 0.0347. The summed E-state index contributed by atoms with van der Waals surface area (Å²) in [5.41, 5.74) is -0.207. The van der Waals surface area contributed by atoms with Crippen LogP contribution in [0.1, 0.15) is 13.8 Å². The van der Waals surface area contributed by atoms with E-state index in [0.29, 0.717) is 5.57 Å². The molecule has 0 aromatic rings. The van der Waals surface area contributed by atoms with Gasteiger partial charge in [0, 0.05) is 19.8 Å². The molecule has 1 N–H and O–H groups in total. The van der Waals surface area contributed by atoms with Crippen molar-refractivity contribution in [1.29, 1.82) is 0 Å². The second kappa shape index (κ2) is 12.6. The summed E-state index contributed by atoms with van der Waals surface area (Å²) in [6.07, 6.45) is -2.31. The highest BCUT2D eigenvalue weighted by molar-refractivity contribution is 8.00. The van der Waals surface area contributed by atoms with Crippen LogP contribution in [-0.4, -0.2) is 97.1 Å². The molecular formula is C19H24ClN3O10S. The molecule has 1 saturated heterocycles. The van der Waals surface area contributed by atoms with Crippen molar-refractivity contribution in [3.8, 4) is 0 Å². The van der Waals surface area contributed by atoms with Crippen molar-refractivity contribution < 1.29 is 47.8 Å². The van der Waals surface area contributed by atoms with Gasteiger partial charge in [0.2, 0.25) is 17.8 Å². The van der Waals surface area contributed by atoms with Crippen molar-refractivity contribution in [2.75, 3.05) is 39.1 Å². The van der Waals surface area contributed by atoms with Crippen molar-refractivity contribution in [3.63, 3.8) is 0 Å². The van der Waals surface area contributed by atoms with Gasteiger partial charge in [0.15, 0.2) is 0 Å². The molecule has 2 amide bonds. The van der Waals surface area contributed by atoms with E-state index in [9.17, 15) is 24.0 Å². The largest absolute Gasteiger partial charge is 0.511 e. The highest BCUT2D eigenvalue weighted by atomic mass is 35.5. The Labute approximate surface area is 204 Å². The smallest absolute Gasteiger partial charge is 0.435 e. The van der Waals surface area contributed by atoms with Gasteiger partial charge in [-0.1, -0.05) is 5.16 Å². The highest BCUT2D eigenvalue weighted by Gasteiger charge is 2.55. The molecule has 15 heteroatoms. The summed E-state index contributed by atoms with van der Waals surface area (Å²) in [7, 11) is 2.57. The molecule has 2 heterocycles. The number of nitrogens with one attached hydrogen (secondary N) is 1. The number of oxime groups is 1. The Kier molecular flexibility index (Phi) is 10.1. The summed E-state index contributed by atoms with van der Waals surface area (Å²) in [4.78, 5) is 67.2. The normalized spacial score (nSPS) is 20.6. The molecule has 0 aromatic heterocycles. The molecule has 0 radical (unpaired) electrons. The zero-order chi connectivity index (χ0) is 25.4. The van der Waals surface area contributed by atoms with Gasteiger partial charge in [-0.25, -0.2) is 9.59 Å². The van der Waals surface area contributed by atoms with Crippen molar-refractivity contribution >= 4 is 58.8 Å². The van der Waals surface area contributed by atoms with Crippen molar-refractivity contribution in [3.05, 3.63) is 11.3 Å². The van der Waals surface area contributed by atoms with Crippen LogP contribution >= 0.6 is 23.4 Å². The Bertz CT molecular complexity index is 909. The van der Waals surface area contributed by atoms with Gasteiger partial charge in [0.05, 0.1) is 19.1 Å². The fourth-order valence-corrected chi connectivity index (χ4v) is 4.51. The maximum atomic E-state index is 12.9. The average molecular weight is 522 g/mol. The van der Waals surface area contributed by atoms with Crippen molar-refractivity contribution in [1.82, 2.24) is 10.2 Å². The molecule has 2 aliphatic rings. The topological polar surface area (TPSA) is 159 Å². The number of Topliss-reactive ketones (excluding diaryl/α,β-unsaturated/α-hetero) is 1. The number of thioether (sulfide) groups is 1. The van der Waals surface area contributed by atoms with Crippen LogP contribution in [0.2, 0.25) is 0 Å². The van der Waals surface area contributed by atoms with E-state index in [4.69, 9.17) is 25.8 Å². The number of rotatable bonds is 11. The van der Waals surface area contributed by atoms with Gasteiger partial charge in [-0.15, -0.1) is 23.4 Å². The van der Waals surface area contributed by atoms with Crippen LogP contribution in [0.5, 0.6) is 0 Å². The van der Waals surface area contributed by atoms with Crippen LogP contribution in [0.4, 0.5) is 4.79 Å². The molecule has 34 heavy (non-hydrogen) atoms. The number of ketones is 1. The van der Waals surface area contributed by atoms with Crippen LogP contribution in [0.25, 0.3) is 0 Å². The number of hydrogen-bond donors (Lipinski definition) is 1. The second-order valence-corrected chi connectivity index (χ2v) is 8.07. The fourth-order valence-electron chi connectivity index (χ4n) is 3.06. The lowest BCUT2D eigenvalue weighted by Gasteiger charge is -2.49. The van der Waals surface area contributed by atoms with Gasteiger partial charge in [0.25, 0.3) is 11.8 Å². The molecule has 0 aliphatic carbocycles. The van der Waals surface area contributed by atoms with Crippen molar-refractivity contribution in [2.45, 2.75) is 31.6 Å². The lowest BCUT2D eigenvalue weighted by Crippen LogP contribution is -2.71. The van der Waals surface area contributed by atoms with E-state index >= 15 is 0 Å². The van der Waals surface area contributed by atoms with E-state index < -0.39 is 59.0 Å². The third kappa shape index (κ3) is 6.18. The first-order valence-electron chi connectivity index (χ1n) is 9.91. The molecular weight excluding hydrogens is 498 g/mol. The number of ether oxygens (including phenoxy) is 4. The van der Waals surface area contributed by atoms with Gasteiger partial charge in [-0.2, -0.15) is 0 Å². The zero-order valence-corrected chi connectivity index (χ0v) is 20.4. The van der Waals surface area contributed by atoms with Gasteiger partial charge in [-0.05, 0) is 12.5 Å². The number of nitrogens with zero attached hydrogens (tertiary/aromatic N) is 2. The molecule has 2 unspecified atom stereocenters. The summed E-state index contributed by atoms with van der Waals surface area (Å²) in [6, 6.07) is -1.05. The molecule has 1 fully saturated rings. The number of amides is 2. The van der Waals surface area contributed by atoms with E-state index in [1.165, 1.54) is 25.8 Å². The first-order valence-corrected chi connectivity index (χ1v) is 11.5. The van der Waals surface area contributed by atoms with Crippen LogP contribution in [0.3, 0.4) is 0 Å². The van der Waals surface area contributed by atoms with E-state index in [1.807, 2.05) is 0 Å². The lowest BCUT2D eigenvalue weighted by molar-refractivity contribution is -0.169. The zero-order valence-electron chi connectivity index (χ0n) is 18.8. The Hall–Kier alpha value is -2.84. The molecule has 0 bridgehead atoms. The summed E-state index contributed by atoms with van der Waals surface area (Å²) in [6.45, 7) is 3.00. The standard InChI is InChI=1S/C19H24ClN3O10S/c1-5-31-19(28)33-9(2)32-18(27)14-10(7-29-3)8-34-17-13(16(26)23(14)17)21-15(25)12(22-30-4)11(24)6-20/h9,13,17H,5-8H2,1-4H3,(H,21,25)/t9?,13?,17-/m1/s1. The molecule has 0 aromatic carbocycles. The van der Waals surface area contributed by atoms with E-state index in [2.05, 4.69) is 20.0 Å². The second-order valence-electron chi connectivity index (χ2n) is 6.70. The number of carbonyl (C=O) groups excluding carboxylic acids is 5. The molecule has 13 nitrogen and oxygen atoms in total. The van der Waals surface area contributed by atoms with Crippen LogP contribution in [-0.2, 0) is 43.0 Å². The number of methoxy groups -OCH3 is 1.